The third-order valence-corrected chi connectivity index (χ3v) is 3.86. The standard InChI is InChI=1S/C13H19N5OS/c1-4-5-18(7-10(19)15-3)11-9-6-8(2)20-12(9)17-13(14)16-11/h6H,4-5,7H2,1-3H3,(H,15,19)(H2,14,16,17). The first kappa shape index (κ1) is 14.5. The topological polar surface area (TPSA) is 84.1 Å². The van der Waals surface area contributed by atoms with Crippen molar-refractivity contribution in [2.24, 2.45) is 0 Å². The van der Waals surface area contributed by atoms with E-state index in [1.54, 1.807) is 18.4 Å². The Kier molecular flexibility index (Phi) is 4.39. The molecule has 108 valence electrons. The van der Waals surface area contributed by atoms with Crippen molar-refractivity contribution in [1.29, 1.82) is 0 Å². The normalized spacial score (nSPS) is 10.8. The van der Waals surface area contributed by atoms with E-state index in [2.05, 4.69) is 22.2 Å². The summed E-state index contributed by atoms with van der Waals surface area (Å²) < 4.78 is 0. The summed E-state index contributed by atoms with van der Waals surface area (Å²) in [6, 6.07) is 2.04. The van der Waals surface area contributed by atoms with Gasteiger partial charge in [0.1, 0.15) is 10.6 Å². The molecule has 0 saturated heterocycles. The fourth-order valence-electron chi connectivity index (χ4n) is 2.07. The van der Waals surface area contributed by atoms with Crippen molar-refractivity contribution in [3.8, 4) is 0 Å². The van der Waals surface area contributed by atoms with Crippen LogP contribution < -0.4 is 16.0 Å². The van der Waals surface area contributed by atoms with Crippen molar-refractivity contribution in [1.82, 2.24) is 15.3 Å². The molecule has 0 aliphatic rings. The average Bonchev–Trinajstić information content (AvgIpc) is 2.77. The molecule has 0 atom stereocenters. The van der Waals surface area contributed by atoms with Crippen molar-refractivity contribution in [2.45, 2.75) is 20.3 Å². The van der Waals surface area contributed by atoms with E-state index in [1.807, 2.05) is 17.9 Å². The van der Waals surface area contributed by atoms with Crippen LogP contribution in [0.1, 0.15) is 18.2 Å². The monoisotopic (exact) mass is 293 g/mol. The summed E-state index contributed by atoms with van der Waals surface area (Å²) in [7, 11) is 1.63. The molecule has 20 heavy (non-hydrogen) atoms. The third kappa shape index (κ3) is 2.98. The molecule has 0 radical (unpaired) electrons. The zero-order chi connectivity index (χ0) is 14.7. The molecule has 0 bridgehead atoms. The summed E-state index contributed by atoms with van der Waals surface area (Å²) in [6.45, 7) is 5.10. The molecule has 0 spiro atoms. The fourth-order valence-corrected chi connectivity index (χ4v) is 2.95. The Labute approximate surface area is 122 Å². The quantitative estimate of drug-likeness (QED) is 0.873. The number of nitrogens with zero attached hydrogens (tertiary/aromatic N) is 3. The molecule has 7 heteroatoms. The van der Waals surface area contributed by atoms with Crippen LogP contribution in [0.15, 0.2) is 6.07 Å². The SMILES string of the molecule is CCCN(CC(=O)NC)c1nc(N)nc2sc(C)cc12. The number of carbonyl (C=O) groups is 1. The second kappa shape index (κ2) is 6.04. The number of aryl methyl sites for hydroxylation is 1. The fraction of sp³-hybridized carbons (Fsp3) is 0.462. The van der Waals surface area contributed by atoms with Gasteiger partial charge in [-0.05, 0) is 19.4 Å². The van der Waals surface area contributed by atoms with Gasteiger partial charge in [0, 0.05) is 18.5 Å². The van der Waals surface area contributed by atoms with Crippen molar-refractivity contribution in [3.63, 3.8) is 0 Å². The van der Waals surface area contributed by atoms with Gasteiger partial charge in [0.25, 0.3) is 0 Å². The van der Waals surface area contributed by atoms with Gasteiger partial charge in [0.15, 0.2) is 0 Å². The molecule has 2 aromatic heterocycles. The summed E-state index contributed by atoms with van der Waals surface area (Å²) in [5, 5.41) is 3.60. The lowest BCUT2D eigenvalue weighted by atomic mass is 10.3. The highest BCUT2D eigenvalue weighted by Gasteiger charge is 2.17. The molecular weight excluding hydrogens is 274 g/mol. The summed E-state index contributed by atoms with van der Waals surface area (Å²) in [4.78, 5) is 24.2. The zero-order valence-electron chi connectivity index (χ0n) is 11.9. The van der Waals surface area contributed by atoms with Crippen LogP contribution >= 0.6 is 11.3 Å². The van der Waals surface area contributed by atoms with E-state index in [-0.39, 0.29) is 18.4 Å². The summed E-state index contributed by atoms with van der Waals surface area (Å²) >= 11 is 1.58. The Morgan fingerprint density at radius 1 is 1.50 bits per heavy atom. The predicted molar refractivity (Wildman–Crippen MR) is 83.1 cm³/mol. The number of aromatic nitrogens is 2. The number of carbonyl (C=O) groups excluding carboxylic acids is 1. The van der Waals surface area contributed by atoms with E-state index >= 15 is 0 Å². The largest absolute Gasteiger partial charge is 0.368 e. The second-order valence-corrected chi connectivity index (χ2v) is 5.81. The molecule has 6 nitrogen and oxygen atoms in total. The van der Waals surface area contributed by atoms with Gasteiger partial charge in [-0.1, -0.05) is 6.92 Å². The second-order valence-electron chi connectivity index (χ2n) is 4.58. The van der Waals surface area contributed by atoms with E-state index in [0.29, 0.717) is 0 Å². The van der Waals surface area contributed by atoms with Crippen LogP contribution in [0.2, 0.25) is 0 Å². The van der Waals surface area contributed by atoms with Gasteiger partial charge in [-0.15, -0.1) is 11.3 Å². The number of thiophene rings is 1. The Bertz CT molecular complexity index is 624. The Morgan fingerprint density at radius 3 is 2.90 bits per heavy atom. The molecule has 0 aliphatic heterocycles. The van der Waals surface area contributed by atoms with E-state index in [4.69, 9.17) is 5.73 Å². The zero-order valence-corrected chi connectivity index (χ0v) is 12.8. The number of anilines is 2. The van der Waals surface area contributed by atoms with Gasteiger partial charge in [-0.2, -0.15) is 4.98 Å². The minimum absolute atomic E-state index is 0.0456. The molecule has 2 heterocycles. The predicted octanol–water partition coefficient (Wildman–Crippen LogP) is 1.54. The number of nitrogens with two attached hydrogens (primary N) is 1. The number of likely N-dealkylation sites (N-methyl/N-ethyl adjacent to an activating group) is 1. The van der Waals surface area contributed by atoms with Crippen molar-refractivity contribution in [3.05, 3.63) is 10.9 Å². The molecule has 3 N–H and O–H groups in total. The molecule has 0 aliphatic carbocycles. The minimum atomic E-state index is -0.0456. The van der Waals surface area contributed by atoms with E-state index < -0.39 is 0 Å². The van der Waals surface area contributed by atoms with Crippen molar-refractivity contribution in [2.75, 3.05) is 30.8 Å². The number of hydrogen-bond donors (Lipinski definition) is 2. The van der Waals surface area contributed by atoms with Gasteiger partial charge >= 0.3 is 0 Å². The lowest BCUT2D eigenvalue weighted by molar-refractivity contribution is -0.119. The minimum Gasteiger partial charge on any atom is -0.368 e. The maximum absolute atomic E-state index is 11.7. The van der Waals surface area contributed by atoms with Crippen molar-refractivity contribution >= 4 is 39.2 Å². The lowest BCUT2D eigenvalue weighted by Gasteiger charge is -2.23. The molecule has 2 aromatic rings. The molecule has 0 fully saturated rings. The molecule has 2 rings (SSSR count). The number of hydrogen-bond acceptors (Lipinski definition) is 6. The van der Waals surface area contributed by atoms with Crippen LogP contribution in [0.3, 0.4) is 0 Å². The number of amides is 1. The highest BCUT2D eigenvalue weighted by atomic mass is 32.1. The maximum Gasteiger partial charge on any atom is 0.239 e. The van der Waals surface area contributed by atoms with Crippen LogP contribution in [0.5, 0.6) is 0 Å². The molecule has 1 amide bonds. The molecule has 0 saturated carbocycles. The van der Waals surface area contributed by atoms with Gasteiger partial charge in [0.05, 0.1) is 11.9 Å². The van der Waals surface area contributed by atoms with Gasteiger partial charge < -0.3 is 16.0 Å². The van der Waals surface area contributed by atoms with Crippen molar-refractivity contribution < 1.29 is 4.79 Å². The lowest BCUT2D eigenvalue weighted by Crippen LogP contribution is -2.36. The van der Waals surface area contributed by atoms with E-state index in [0.717, 1.165) is 33.9 Å². The van der Waals surface area contributed by atoms with Crippen LogP contribution in [0.4, 0.5) is 11.8 Å². The Balaban J connectivity index is 2.48. The van der Waals surface area contributed by atoms with E-state index in [1.165, 1.54) is 0 Å². The summed E-state index contributed by atoms with van der Waals surface area (Å²) in [6.07, 6.45) is 0.922. The number of rotatable bonds is 5. The molecule has 0 aromatic carbocycles. The van der Waals surface area contributed by atoms with Crippen LogP contribution in [-0.4, -0.2) is 36.0 Å². The average molecular weight is 293 g/mol. The highest BCUT2D eigenvalue weighted by molar-refractivity contribution is 7.18. The van der Waals surface area contributed by atoms with Gasteiger partial charge in [-0.3, -0.25) is 4.79 Å². The summed E-state index contributed by atoms with van der Waals surface area (Å²) in [5.41, 5.74) is 5.79. The smallest absolute Gasteiger partial charge is 0.239 e. The van der Waals surface area contributed by atoms with E-state index in [9.17, 15) is 4.79 Å². The first-order valence-corrected chi connectivity index (χ1v) is 7.36. The number of nitrogens with one attached hydrogen (secondary N) is 1. The Hall–Kier alpha value is -1.89. The number of fused-ring (bicyclic) bond motifs is 1. The third-order valence-electron chi connectivity index (χ3n) is 2.92. The van der Waals surface area contributed by atoms with Crippen LogP contribution in [0, 0.1) is 6.92 Å². The Morgan fingerprint density at radius 2 is 2.25 bits per heavy atom. The molecule has 0 unspecified atom stereocenters. The van der Waals surface area contributed by atoms with Crippen LogP contribution in [-0.2, 0) is 4.79 Å². The van der Waals surface area contributed by atoms with Crippen LogP contribution in [0.25, 0.3) is 10.2 Å². The number of nitrogen functional groups attached to an aromatic ring is 1. The van der Waals surface area contributed by atoms with Gasteiger partial charge in [0.2, 0.25) is 11.9 Å². The highest BCUT2D eigenvalue weighted by Crippen LogP contribution is 2.31. The first-order chi connectivity index (χ1) is 9.55. The maximum atomic E-state index is 11.7. The first-order valence-electron chi connectivity index (χ1n) is 6.54. The van der Waals surface area contributed by atoms with Gasteiger partial charge in [-0.25, -0.2) is 4.98 Å². The molecular formula is C13H19N5OS. The summed E-state index contributed by atoms with van der Waals surface area (Å²) in [5.74, 6) is 0.936.